The number of hydrogen-bond donors (Lipinski definition) is 0. The van der Waals surface area contributed by atoms with Crippen LogP contribution in [0.25, 0.3) is 0 Å². The summed E-state index contributed by atoms with van der Waals surface area (Å²) in [5, 5.41) is 0. The maximum absolute atomic E-state index is 11.8. The number of benzene rings is 4. The molecule has 0 bridgehead atoms. The van der Waals surface area contributed by atoms with E-state index in [9.17, 15) is 19.2 Å². The number of aldehydes is 4. The summed E-state index contributed by atoms with van der Waals surface area (Å²) >= 11 is 0. The van der Waals surface area contributed by atoms with Gasteiger partial charge in [0.15, 0.2) is 0 Å². The number of hydrogen-bond acceptors (Lipinski definition) is 4. The van der Waals surface area contributed by atoms with E-state index in [2.05, 4.69) is 48.5 Å². The molecule has 1 spiro atoms. The maximum atomic E-state index is 11.8. The first-order chi connectivity index (χ1) is 20.9. The molecular weight excluding hydrogens is 576 g/mol. The molecule has 0 N–H and O–H groups in total. The number of rotatable bonds is 8. The second kappa shape index (κ2) is 3.24. The summed E-state index contributed by atoms with van der Waals surface area (Å²) in [6, 6.07) is 34.7. The van der Waals surface area contributed by atoms with Crippen molar-refractivity contribution >= 4 is 25.1 Å². The van der Waals surface area contributed by atoms with E-state index >= 15 is 0 Å². The Morgan fingerprint density at radius 2 is 0.651 bits per heavy atom. The van der Waals surface area contributed by atoms with Crippen LogP contribution in [0.4, 0.5) is 0 Å². The van der Waals surface area contributed by atoms with Crippen LogP contribution in [0.2, 0.25) is 28.9 Å². The fourth-order valence-electron chi connectivity index (χ4n) is 23.8. The van der Waals surface area contributed by atoms with E-state index in [0.717, 1.165) is 60.4 Å². The minimum atomic E-state index is -4.91. The standard InChI is InChI=1S/C33H21O4.C5H5.Fe/c34-18-22-1-9-26(10-2-22)30-17-31(27-11-3-23(19-35)4-12-27)33(29-15-7-25(21-37)8-16-29)32(30)28-13-5-24(20-36)6-14-28;1-2-4-5-3-1;/h1-21H;1-5H;. The van der Waals surface area contributed by atoms with E-state index < -0.39 is 6.51 Å². The first-order valence-corrected chi connectivity index (χ1v) is 21.3. The molecule has 10 fully saturated rings. The van der Waals surface area contributed by atoms with Gasteiger partial charge < -0.3 is 0 Å². The van der Waals surface area contributed by atoms with Crippen molar-refractivity contribution in [1.29, 1.82) is 0 Å². The zero-order chi connectivity index (χ0) is 28.5. The Balaban J connectivity index is 1.20. The Morgan fingerprint density at radius 1 is 0.395 bits per heavy atom. The molecule has 0 amide bonds. The average Bonchev–Trinajstić information content (AvgIpc) is 4.03. The molecule has 14 rings (SSSR count). The average molecular weight is 602 g/mol. The van der Waals surface area contributed by atoms with Crippen LogP contribution in [0, 0.1) is 0 Å². The molecule has 210 valence electrons. The normalized spacial score (nSPS) is 58.8. The summed E-state index contributed by atoms with van der Waals surface area (Å²) < 4.78 is 0.413. The van der Waals surface area contributed by atoms with Crippen LogP contribution in [0.5, 0.6) is 0 Å². The second-order valence-electron chi connectivity index (χ2n) is 16.9. The third-order valence-corrected chi connectivity index (χ3v) is 64.7. The summed E-state index contributed by atoms with van der Waals surface area (Å²) in [5.41, 5.74) is 8.68. The molecule has 10 aliphatic rings. The van der Waals surface area contributed by atoms with Crippen molar-refractivity contribution in [3.8, 4) is 0 Å². The quantitative estimate of drug-likeness (QED) is 0.160. The summed E-state index contributed by atoms with van der Waals surface area (Å²) in [5.74, 6) is 0. The Kier molecular flexibility index (Phi) is 1.58. The number of fused-ring (bicyclic) bond motifs is 10. The van der Waals surface area contributed by atoms with Gasteiger partial charge in [0, 0.05) is 0 Å². The Bertz CT molecular complexity index is 2400. The molecule has 10 saturated heterocycles. The minimum absolute atomic E-state index is 0.0601. The van der Waals surface area contributed by atoms with Gasteiger partial charge in [-0.15, -0.1) is 0 Å². The molecule has 10 aliphatic heterocycles. The Morgan fingerprint density at radius 3 is 0.884 bits per heavy atom. The molecule has 43 heavy (non-hydrogen) atoms. The molecule has 0 saturated carbocycles. The van der Waals surface area contributed by atoms with Crippen LogP contribution in [-0.4, -0.2) is 25.1 Å². The van der Waals surface area contributed by atoms with Crippen LogP contribution in [0.15, 0.2) is 97.1 Å². The molecule has 4 aromatic carbocycles. The van der Waals surface area contributed by atoms with Crippen LogP contribution in [-0.2, 0) is 23.8 Å². The summed E-state index contributed by atoms with van der Waals surface area (Å²) in [6.45, 7) is -4.91. The third-order valence-electron chi connectivity index (χ3n) is 21.0. The molecular formula is C38H26FeO4. The SMILES string of the molecule is O=Cc1ccc([C]23[CH]4[C]5(c6ccc(C=O)cc6)[C]6(c7ccc(C=O)cc7)[C]2(c2ccc(C=O)cc2)[Fe]43562789[CH]3[CH]2[CH]7[CH]8[CH]39)cc1. The van der Waals surface area contributed by atoms with Crippen LogP contribution >= 0.6 is 0 Å². The number of carbonyl (C=O) groups is 4. The van der Waals surface area contributed by atoms with Crippen molar-refractivity contribution in [1.82, 2.24) is 0 Å². The molecule has 4 atom stereocenters. The molecule has 4 aromatic rings. The van der Waals surface area contributed by atoms with E-state index in [1.807, 2.05) is 48.5 Å². The van der Waals surface area contributed by atoms with E-state index in [4.69, 9.17) is 0 Å². The zero-order valence-corrected chi connectivity index (χ0v) is 24.1. The van der Waals surface area contributed by atoms with Gasteiger partial charge in [-0.3, -0.25) is 0 Å². The third kappa shape index (κ3) is 0.475. The van der Waals surface area contributed by atoms with Gasteiger partial charge in [0.2, 0.25) is 0 Å². The van der Waals surface area contributed by atoms with Gasteiger partial charge in [0.05, 0.1) is 0 Å². The molecule has 4 nitrogen and oxygen atoms in total. The first kappa shape index (κ1) is 20.9. The fourth-order valence-corrected chi connectivity index (χ4v) is 104. The van der Waals surface area contributed by atoms with Crippen molar-refractivity contribution in [3.05, 3.63) is 142 Å². The van der Waals surface area contributed by atoms with Crippen molar-refractivity contribution in [2.45, 2.75) is 46.2 Å². The van der Waals surface area contributed by atoms with Gasteiger partial charge in [-0.25, -0.2) is 0 Å². The molecule has 10 heterocycles. The van der Waals surface area contributed by atoms with Gasteiger partial charge in [0.25, 0.3) is 0 Å². The van der Waals surface area contributed by atoms with Crippen molar-refractivity contribution in [2.75, 3.05) is 0 Å². The van der Waals surface area contributed by atoms with Crippen LogP contribution in [0.1, 0.15) is 63.7 Å². The molecule has 4 unspecified atom stereocenters. The van der Waals surface area contributed by atoms with E-state index in [1.165, 1.54) is 22.3 Å². The second-order valence-corrected chi connectivity index (χ2v) is 39.4. The summed E-state index contributed by atoms with van der Waals surface area (Å²) in [7, 11) is 0. The van der Waals surface area contributed by atoms with Gasteiger partial charge in [-0.05, 0) is 0 Å². The Hall–Kier alpha value is -3.92. The first-order valence-electron chi connectivity index (χ1n) is 15.3. The molecule has 0 aromatic heterocycles. The fraction of sp³-hybridized carbons (Fsp3) is 0.263. The van der Waals surface area contributed by atoms with E-state index in [-0.39, 0.29) is 17.3 Å². The van der Waals surface area contributed by atoms with Crippen LogP contribution < -0.4 is 0 Å². The van der Waals surface area contributed by atoms with Crippen LogP contribution in [0.3, 0.4) is 0 Å². The predicted octanol–water partition coefficient (Wildman–Crippen LogP) is 7.05. The zero-order valence-electron chi connectivity index (χ0n) is 23.0. The van der Waals surface area contributed by atoms with Gasteiger partial charge in [-0.2, -0.15) is 0 Å². The monoisotopic (exact) mass is 602 g/mol. The van der Waals surface area contributed by atoms with Crippen molar-refractivity contribution in [2.24, 2.45) is 0 Å². The molecule has 0 radical (unpaired) electrons. The topological polar surface area (TPSA) is 68.3 Å². The summed E-state index contributed by atoms with van der Waals surface area (Å²) in [4.78, 5) is 52.0. The predicted molar refractivity (Wildman–Crippen MR) is 157 cm³/mol. The Labute approximate surface area is 237 Å². The molecule has 5 heteroatoms. The van der Waals surface area contributed by atoms with Gasteiger partial charge in [0.1, 0.15) is 0 Å². The van der Waals surface area contributed by atoms with Gasteiger partial charge in [-0.1, -0.05) is 0 Å². The molecule has 0 aliphatic carbocycles. The van der Waals surface area contributed by atoms with Crippen molar-refractivity contribution in [3.63, 3.8) is 0 Å². The van der Waals surface area contributed by atoms with Crippen molar-refractivity contribution < 1.29 is 25.7 Å². The van der Waals surface area contributed by atoms with Gasteiger partial charge >= 0.3 is 239 Å². The van der Waals surface area contributed by atoms with E-state index in [1.54, 1.807) is 0 Å². The number of carbonyl (C=O) groups excluding carboxylic acids is 4. The summed E-state index contributed by atoms with van der Waals surface area (Å²) in [6.07, 6.45) is 3.78. The van der Waals surface area contributed by atoms with E-state index in [0.29, 0.717) is 15.9 Å².